The number of ether oxygens (including phenoxy) is 1. The number of phenolic OH excluding ortho intramolecular Hbond substituents is 2. The fourth-order valence-corrected chi connectivity index (χ4v) is 1.76. The van der Waals surface area contributed by atoms with Crippen LogP contribution < -0.4 is 5.32 Å². The van der Waals surface area contributed by atoms with Crippen LogP contribution in [0.4, 0.5) is 5.69 Å². The predicted molar refractivity (Wildman–Crippen MR) is 73.7 cm³/mol. The van der Waals surface area contributed by atoms with Crippen molar-refractivity contribution in [3.63, 3.8) is 0 Å². The number of aromatic hydroxyl groups is 2. The maximum atomic E-state index is 11.4. The smallest absolute Gasteiger partial charge is 0.338 e. The van der Waals surface area contributed by atoms with Crippen LogP contribution in [-0.4, -0.2) is 29.8 Å². The molecule has 0 saturated carbocycles. The lowest BCUT2D eigenvalue weighted by Crippen LogP contribution is -2.05. The van der Waals surface area contributed by atoms with Crippen LogP contribution in [0.25, 0.3) is 0 Å². The molecule has 3 N–H and O–H groups in total. The highest BCUT2D eigenvalue weighted by Gasteiger charge is 2.13. The lowest BCUT2D eigenvalue weighted by Gasteiger charge is -2.11. The number of unbranched alkanes of at least 4 members (excludes halogenated alkanes) is 3. The highest BCUT2D eigenvalue weighted by Crippen LogP contribution is 2.34. The standard InChI is InChI=1S/C14H21NO4/c1-3-4-5-6-7-15-11-8-10(14(18)19-2)9-12(16)13(11)17/h8-9,15-17H,3-7H2,1-2H3. The molecule has 0 bridgehead atoms. The van der Waals surface area contributed by atoms with E-state index in [2.05, 4.69) is 17.0 Å². The van der Waals surface area contributed by atoms with Crippen LogP contribution in [0.15, 0.2) is 12.1 Å². The van der Waals surface area contributed by atoms with Crippen molar-refractivity contribution >= 4 is 11.7 Å². The van der Waals surface area contributed by atoms with Crippen molar-refractivity contribution in [1.82, 2.24) is 0 Å². The van der Waals surface area contributed by atoms with Gasteiger partial charge in [0.05, 0.1) is 18.4 Å². The molecule has 1 aromatic carbocycles. The van der Waals surface area contributed by atoms with Crippen LogP contribution in [-0.2, 0) is 4.74 Å². The van der Waals surface area contributed by atoms with Crippen molar-refractivity contribution in [1.29, 1.82) is 0 Å². The summed E-state index contributed by atoms with van der Waals surface area (Å²) in [4.78, 5) is 11.4. The van der Waals surface area contributed by atoms with E-state index in [-0.39, 0.29) is 17.1 Å². The van der Waals surface area contributed by atoms with Gasteiger partial charge in [-0.3, -0.25) is 0 Å². The van der Waals surface area contributed by atoms with Crippen molar-refractivity contribution in [2.75, 3.05) is 19.0 Å². The third kappa shape index (κ3) is 4.35. The maximum absolute atomic E-state index is 11.4. The third-order valence-corrected chi connectivity index (χ3v) is 2.86. The molecule has 0 aliphatic heterocycles. The largest absolute Gasteiger partial charge is 0.504 e. The minimum atomic E-state index is -0.552. The molecular formula is C14H21NO4. The molecule has 1 rings (SSSR count). The number of rotatable bonds is 7. The van der Waals surface area contributed by atoms with Crippen LogP contribution in [0.2, 0.25) is 0 Å². The van der Waals surface area contributed by atoms with E-state index in [1.165, 1.54) is 25.7 Å². The molecule has 0 atom stereocenters. The molecule has 0 heterocycles. The van der Waals surface area contributed by atoms with E-state index in [0.717, 1.165) is 19.3 Å². The van der Waals surface area contributed by atoms with Gasteiger partial charge in [0.1, 0.15) is 0 Å². The number of carbonyl (C=O) groups is 1. The van der Waals surface area contributed by atoms with Gasteiger partial charge in [-0.25, -0.2) is 4.79 Å². The van der Waals surface area contributed by atoms with Gasteiger partial charge < -0.3 is 20.3 Å². The quantitative estimate of drug-likeness (QED) is 0.402. The van der Waals surface area contributed by atoms with Crippen LogP contribution in [0.1, 0.15) is 43.0 Å². The Labute approximate surface area is 113 Å². The maximum Gasteiger partial charge on any atom is 0.338 e. The summed E-state index contributed by atoms with van der Waals surface area (Å²) in [6.45, 7) is 2.81. The van der Waals surface area contributed by atoms with E-state index >= 15 is 0 Å². The average Bonchev–Trinajstić information content (AvgIpc) is 2.41. The number of anilines is 1. The fourth-order valence-electron chi connectivity index (χ4n) is 1.76. The minimum Gasteiger partial charge on any atom is -0.504 e. The van der Waals surface area contributed by atoms with E-state index in [1.54, 1.807) is 0 Å². The van der Waals surface area contributed by atoms with Crippen molar-refractivity contribution in [2.45, 2.75) is 32.6 Å². The van der Waals surface area contributed by atoms with Crippen molar-refractivity contribution in [2.24, 2.45) is 0 Å². The Kier molecular flexibility index (Phi) is 5.99. The summed E-state index contributed by atoms with van der Waals surface area (Å²) in [5.74, 6) is -1.13. The van der Waals surface area contributed by atoms with Gasteiger partial charge in [-0.05, 0) is 18.6 Å². The molecule has 0 spiro atoms. The summed E-state index contributed by atoms with van der Waals surface area (Å²) >= 11 is 0. The van der Waals surface area contributed by atoms with Gasteiger partial charge in [-0.2, -0.15) is 0 Å². The Hall–Kier alpha value is -1.91. The molecular weight excluding hydrogens is 246 g/mol. The number of benzene rings is 1. The Morgan fingerprint density at radius 1 is 1.26 bits per heavy atom. The number of hydrogen-bond acceptors (Lipinski definition) is 5. The molecule has 0 aliphatic rings. The summed E-state index contributed by atoms with van der Waals surface area (Å²) in [5.41, 5.74) is 0.547. The molecule has 19 heavy (non-hydrogen) atoms. The summed E-state index contributed by atoms with van der Waals surface area (Å²) in [6.07, 6.45) is 4.40. The number of nitrogens with one attached hydrogen (secondary N) is 1. The molecule has 0 unspecified atom stereocenters. The van der Waals surface area contributed by atoms with Crippen molar-refractivity contribution < 1.29 is 19.7 Å². The van der Waals surface area contributed by atoms with Gasteiger partial charge in [0.2, 0.25) is 0 Å². The van der Waals surface area contributed by atoms with Crippen molar-refractivity contribution in [3.05, 3.63) is 17.7 Å². The summed E-state index contributed by atoms with van der Waals surface area (Å²) in [6, 6.07) is 2.66. The zero-order chi connectivity index (χ0) is 14.3. The summed E-state index contributed by atoms with van der Waals surface area (Å²) in [7, 11) is 1.27. The zero-order valence-electron chi connectivity index (χ0n) is 11.4. The molecule has 0 fully saturated rings. The van der Waals surface area contributed by atoms with Crippen LogP contribution in [0.5, 0.6) is 11.5 Å². The SMILES string of the molecule is CCCCCCNc1cc(C(=O)OC)cc(O)c1O. The normalized spacial score (nSPS) is 10.2. The average molecular weight is 267 g/mol. The first-order valence-corrected chi connectivity index (χ1v) is 6.48. The molecule has 0 radical (unpaired) electrons. The second-order valence-corrected chi connectivity index (χ2v) is 4.37. The topological polar surface area (TPSA) is 78.8 Å². The number of carbonyl (C=O) groups excluding carboxylic acids is 1. The van der Waals surface area contributed by atoms with E-state index < -0.39 is 5.97 Å². The van der Waals surface area contributed by atoms with Crippen LogP contribution >= 0.6 is 0 Å². The molecule has 5 heteroatoms. The lowest BCUT2D eigenvalue weighted by molar-refractivity contribution is 0.0600. The van der Waals surface area contributed by atoms with Gasteiger partial charge in [-0.15, -0.1) is 0 Å². The predicted octanol–water partition coefficient (Wildman–Crippen LogP) is 2.88. The van der Waals surface area contributed by atoms with Gasteiger partial charge in [0.15, 0.2) is 11.5 Å². The first kappa shape index (κ1) is 15.1. The summed E-state index contributed by atoms with van der Waals surface area (Å²) in [5, 5.41) is 22.3. The Morgan fingerprint density at radius 3 is 2.63 bits per heavy atom. The van der Waals surface area contributed by atoms with Crippen LogP contribution in [0.3, 0.4) is 0 Å². The lowest BCUT2D eigenvalue weighted by atomic mass is 10.1. The summed E-state index contributed by atoms with van der Waals surface area (Å²) < 4.78 is 4.58. The molecule has 0 aromatic heterocycles. The van der Waals surface area contributed by atoms with Gasteiger partial charge >= 0.3 is 5.97 Å². The number of hydrogen-bond donors (Lipinski definition) is 3. The first-order valence-electron chi connectivity index (χ1n) is 6.48. The molecule has 0 aliphatic carbocycles. The molecule has 0 saturated heterocycles. The van der Waals surface area contributed by atoms with E-state index in [9.17, 15) is 15.0 Å². The monoisotopic (exact) mass is 267 g/mol. The molecule has 0 amide bonds. The van der Waals surface area contributed by atoms with E-state index in [1.807, 2.05) is 0 Å². The first-order chi connectivity index (χ1) is 9.10. The Bertz CT molecular complexity index is 432. The molecule has 106 valence electrons. The van der Waals surface area contributed by atoms with Crippen molar-refractivity contribution in [3.8, 4) is 11.5 Å². The highest BCUT2D eigenvalue weighted by molar-refractivity contribution is 5.92. The van der Waals surface area contributed by atoms with Gasteiger partial charge in [0, 0.05) is 6.54 Å². The number of esters is 1. The zero-order valence-corrected chi connectivity index (χ0v) is 11.4. The number of methoxy groups -OCH3 is 1. The second kappa shape index (κ2) is 7.51. The van der Waals surface area contributed by atoms with Crippen LogP contribution in [0, 0.1) is 0 Å². The van der Waals surface area contributed by atoms with E-state index in [4.69, 9.17) is 0 Å². The third-order valence-electron chi connectivity index (χ3n) is 2.86. The van der Waals surface area contributed by atoms with Gasteiger partial charge in [-0.1, -0.05) is 26.2 Å². The minimum absolute atomic E-state index is 0.203. The second-order valence-electron chi connectivity index (χ2n) is 4.37. The molecule has 1 aromatic rings. The van der Waals surface area contributed by atoms with Gasteiger partial charge in [0.25, 0.3) is 0 Å². The highest BCUT2D eigenvalue weighted by atomic mass is 16.5. The Morgan fingerprint density at radius 2 is 2.00 bits per heavy atom. The molecule has 5 nitrogen and oxygen atoms in total. The van der Waals surface area contributed by atoms with E-state index in [0.29, 0.717) is 12.2 Å². The fraction of sp³-hybridized carbons (Fsp3) is 0.500. The Balaban J connectivity index is 2.70. The number of phenols is 2.